The van der Waals surface area contributed by atoms with Gasteiger partial charge in [-0.1, -0.05) is 24.3 Å². The molecule has 6 rings (SSSR count). The number of piperazine rings is 1. The van der Waals surface area contributed by atoms with E-state index in [9.17, 15) is 14.7 Å². The molecule has 4 saturated carbocycles. The van der Waals surface area contributed by atoms with Gasteiger partial charge in [-0.25, -0.2) is 0 Å². The highest BCUT2D eigenvalue weighted by atomic mass is 16.4. The summed E-state index contributed by atoms with van der Waals surface area (Å²) in [4.78, 5) is 24.0. The van der Waals surface area contributed by atoms with Crippen LogP contribution in [-0.2, 0) is 15.0 Å². The highest BCUT2D eigenvalue weighted by Gasteiger charge is 2.61. The molecule has 0 radical (unpaired) electrons. The second-order valence-corrected chi connectivity index (χ2v) is 10.7. The second kappa shape index (κ2) is 6.79. The molecule has 1 heterocycles. The normalized spacial score (nSPS) is 44.7. The topological polar surface area (TPSA) is 104 Å². The Morgan fingerprint density at radius 1 is 1.00 bits per heavy atom. The Bertz CT molecular complexity index is 853. The van der Waals surface area contributed by atoms with Gasteiger partial charge in [0.05, 0.1) is 5.41 Å². The fourth-order valence-electron chi connectivity index (χ4n) is 7.70. The lowest BCUT2D eigenvalue weighted by Crippen LogP contribution is -2.64. The van der Waals surface area contributed by atoms with Crippen molar-refractivity contribution in [3.63, 3.8) is 0 Å². The number of carboxylic acid groups (broad SMARTS) is 1. The molecule has 0 spiro atoms. The average Bonchev–Trinajstić information content (AvgIpc) is 2.67. The minimum Gasteiger partial charge on any atom is -0.481 e. The van der Waals surface area contributed by atoms with Crippen LogP contribution in [0.15, 0.2) is 24.3 Å². The van der Waals surface area contributed by atoms with Crippen LogP contribution in [0.2, 0.25) is 0 Å². The van der Waals surface area contributed by atoms with Crippen LogP contribution in [0.1, 0.15) is 69.5 Å². The van der Waals surface area contributed by atoms with Crippen LogP contribution in [0.3, 0.4) is 0 Å². The van der Waals surface area contributed by atoms with Crippen LogP contribution >= 0.6 is 0 Å². The van der Waals surface area contributed by atoms with Gasteiger partial charge >= 0.3 is 5.97 Å². The lowest BCUT2D eigenvalue weighted by molar-refractivity contribution is -0.167. The third kappa shape index (κ3) is 2.99. The predicted octanol–water partition coefficient (Wildman–Crippen LogP) is 2.47. The van der Waals surface area contributed by atoms with Gasteiger partial charge in [-0.2, -0.15) is 0 Å². The maximum absolute atomic E-state index is 12.2. The van der Waals surface area contributed by atoms with Crippen molar-refractivity contribution < 1.29 is 14.7 Å². The largest absolute Gasteiger partial charge is 0.481 e. The van der Waals surface area contributed by atoms with E-state index in [1.165, 1.54) is 12.0 Å². The highest BCUT2D eigenvalue weighted by molar-refractivity contribution is 5.81. The first-order chi connectivity index (χ1) is 14.2. The number of primary amides is 1. The molecule has 162 valence electrons. The van der Waals surface area contributed by atoms with Gasteiger partial charge in [-0.05, 0) is 80.8 Å². The van der Waals surface area contributed by atoms with Gasteiger partial charge < -0.3 is 16.2 Å². The summed E-state index contributed by atoms with van der Waals surface area (Å²) in [5.74, 6) is 0.166. The molecule has 6 unspecified atom stereocenters. The number of nitrogens with one attached hydrogen (secondary N) is 2. The minimum atomic E-state index is -0.587. The Morgan fingerprint density at radius 3 is 2.20 bits per heavy atom. The van der Waals surface area contributed by atoms with Crippen LogP contribution < -0.4 is 16.4 Å². The molecular weight excluding hydrogens is 378 g/mol. The van der Waals surface area contributed by atoms with E-state index >= 15 is 0 Å². The molecule has 1 aromatic rings. The Labute approximate surface area is 178 Å². The number of hydrogen-bond donors (Lipinski definition) is 4. The fourth-order valence-corrected chi connectivity index (χ4v) is 7.70. The monoisotopic (exact) mass is 411 g/mol. The number of amides is 1. The molecule has 5 fully saturated rings. The summed E-state index contributed by atoms with van der Waals surface area (Å²) in [6, 6.07) is 8.52. The molecule has 1 amide bonds. The maximum atomic E-state index is 12.2. The molecule has 4 aliphatic carbocycles. The van der Waals surface area contributed by atoms with E-state index in [1.54, 1.807) is 0 Å². The average molecular weight is 412 g/mol. The number of carbonyl (C=O) groups is 2. The zero-order valence-corrected chi connectivity index (χ0v) is 17.9. The van der Waals surface area contributed by atoms with Gasteiger partial charge in [-0.15, -0.1) is 0 Å². The van der Waals surface area contributed by atoms with Crippen molar-refractivity contribution in [1.29, 1.82) is 0 Å². The van der Waals surface area contributed by atoms with Crippen molar-refractivity contribution in [2.75, 3.05) is 0 Å². The van der Waals surface area contributed by atoms with Crippen LogP contribution in [0.5, 0.6) is 0 Å². The zero-order valence-electron chi connectivity index (χ0n) is 17.9. The molecule has 6 heteroatoms. The molecule has 0 aromatic heterocycles. The Morgan fingerprint density at radius 2 is 1.63 bits per heavy atom. The van der Waals surface area contributed by atoms with E-state index in [2.05, 4.69) is 41.8 Å². The third-order valence-corrected chi connectivity index (χ3v) is 8.59. The quantitative estimate of drug-likeness (QED) is 0.609. The van der Waals surface area contributed by atoms with Crippen molar-refractivity contribution in [2.45, 2.75) is 82.0 Å². The fraction of sp³-hybridized carbons (Fsp3) is 0.667. The van der Waals surface area contributed by atoms with Crippen molar-refractivity contribution >= 4 is 11.9 Å². The summed E-state index contributed by atoms with van der Waals surface area (Å²) >= 11 is 0. The number of aliphatic carboxylic acids is 1. The molecule has 6 atom stereocenters. The molecule has 30 heavy (non-hydrogen) atoms. The summed E-state index contributed by atoms with van der Waals surface area (Å²) in [7, 11) is 0. The van der Waals surface area contributed by atoms with Gasteiger partial charge in [0.1, 0.15) is 6.04 Å². The summed E-state index contributed by atoms with van der Waals surface area (Å²) in [6.07, 6.45) is 5.96. The number of carbonyl (C=O) groups excluding carboxylic acids is 1. The summed E-state index contributed by atoms with van der Waals surface area (Å²) < 4.78 is 0. The highest BCUT2D eigenvalue weighted by Crippen LogP contribution is 2.65. The van der Waals surface area contributed by atoms with E-state index in [-0.39, 0.29) is 29.4 Å². The summed E-state index contributed by atoms with van der Waals surface area (Å²) in [6.45, 7) is 4.10. The van der Waals surface area contributed by atoms with E-state index in [0.29, 0.717) is 11.8 Å². The van der Waals surface area contributed by atoms with Crippen molar-refractivity contribution in [3.8, 4) is 0 Å². The standard InChI is InChI=1S/C24H33N3O3/c1-13-19(27-20(21(25)28)14(2)26-13)17-3-5-18(6-4-17)23-8-15-7-16(9-23)11-24(10-15,12-23)22(29)30/h3-6,13-16,19-20,26-27H,7-12H2,1-2H3,(H2,25,28)(H,29,30). The van der Waals surface area contributed by atoms with E-state index in [4.69, 9.17) is 5.73 Å². The number of benzene rings is 1. The smallest absolute Gasteiger partial charge is 0.309 e. The van der Waals surface area contributed by atoms with Gasteiger partial charge in [0.15, 0.2) is 0 Å². The maximum Gasteiger partial charge on any atom is 0.309 e. The second-order valence-electron chi connectivity index (χ2n) is 10.7. The molecule has 1 aromatic carbocycles. The van der Waals surface area contributed by atoms with Gasteiger partial charge in [0.25, 0.3) is 0 Å². The van der Waals surface area contributed by atoms with Crippen molar-refractivity contribution in [1.82, 2.24) is 10.6 Å². The van der Waals surface area contributed by atoms with Gasteiger partial charge in [-0.3, -0.25) is 14.9 Å². The zero-order chi connectivity index (χ0) is 21.3. The lowest BCUT2D eigenvalue weighted by Gasteiger charge is -2.60. The van der Waals surface area contributed by atoms with Crippen LogP contribution in [0.25, 0.3) is 0 Å². The number of carboxylic acids is 1. The molecular formula is C24H33N3O3. The number of hydrogen-bond acceptors (Lipinski definition) is 4. The molecule has 1 aliphatic heterocycles. The predicted molar refractivity (Wildman–Crippen MR) is 114 cm³/mol. The number of nitrogens with two attached hydrogens (primary N) is 1. The third-order valence-electron chi connectivity index (χ3n) is 8.59. The molecule has 5 N–H and O–H groups in total. The van der Waals surface area contributed by atoms with Crippen LogP contribution in [0.4, 0.5) is 0 Å². The van der Waals surface area contributed by atoms with Gasteiger partial charge in [0.2, 0.25) is 5.91 Å². The van der Waals surface area contributed by atoms with E-state index in [0.717, 1.165) is 37.7 Å². The van der Waals surface area contributed by atoms with E-state index < -0.39 is 17.4 Å². The minimum absolute atomic E-state index is 0.00717. The first-order valence-electron chi connectivity index (χ1n) is 11.4. The Balaban J connectivity index is 1.42. The SMILES string of the molecule is CC1NC(C)C(c2ccc(C34CC5CC(CC(C(=O)O)(C5)C3)C4)cc2)NC1C(N)=O. The van der Waals surface area contributed by atoms with Crippen molar-refractivity contribution in [3.05, 3.63) is 35.4 Å². The van der Waals surface area contributed by atoms with E-state index in [1.807, 2.05) is 6.92 Å². The van der Waals surface area contributed by atoms with Crippen LogP contribution in [-0.4, -0.2) is 35.1 Å². The molecule has 4 bridgehead atoms. The summed E-state index contributed by atoms with van der Waals surface area (Å²) in [5.41, 5.74) is 7.50. The Hall–Kier alpha value is -1.92. The number of rotatable bonds is 4. The molecule has 1 saturated heterocycles. The van der Waals surface area contributed by atoms with Crippen LogP contribution in [0, 0.1) is 17.3 Å². The Kier molecular flexibility index (Phi) is 4.53. The first-order valence-corrected chi connectivity index (χ1v) is 11.4. The molecule has 5 aliphatic rings. The first kappa shape index (κ1) is 20.0. The van der Waals surface area contributed by atoms with Gasteiger partial charge in [0, 0.05) is 18.1 Å². The summed E-state index contributed by atoms with van der Waals surface area (Å²) in [5, 5.41) is 16.9. The van der Waals surface area contributed by atoms with Crippen molar-refractivity contribution in [2.24, 2.45) is 23.0 Å². The lowest BCUT2D eigenvalue weighted by atomic mass is 9.43. The molecule has 6 nitrogen and oxygen atoms in total.